The van der Waals surface area contributed by atoms with Crippen molar-refractivity contribution in [3.63, 3.8) is 0 Å². The van der Waals surface area contributed by atoms with Crippen LogP contribution in [0.2, 0.25) is 5.02 Å². The van der Waals surface area contributed by atoms with Crippen LogP contribution in [0.4, 0.5) is 4.79 Å². The molecule has 0 bridgehead atoms. The van der Waals surface area contributed by atoms with Gasteiger partial charge in [-0.3, -0.25) is 9.78 Å². The van der Waals surface area contributed by atoms with E-state index < -0.39 is 23.2 Å². The highest BCUT2D eigenvalue weighted by atomic mass is 35.5. The molecular weight excluding hydrogens is 398 g/mol. The Morgan fingerprint density at radius 3 is 2.45 bits per heavy atom. The van der Waals surface area contributed by atoms with Gasteiger partial charge in [-0.05, 0) is 41.0 Å². The Kier molecular flexibility index (Phi) is 6.89. The Bertz CT molecular complexity index is 994. The zero-order chi connectivity index (χ0) is 21.9. The van der Waals surface area contributed by atoms with Crippen LogP contribution in [0.25, 0.3) is 10.8 Å². The summed E-state index contributed by atoms with van der Waals surface area (Å²) >= 11 is 6.25. The van der Waals surface area contributed by atoms with Gasteiger partial charge in [0.15, 0.2) is 0 Å². The number of aromatic nitrogens is 2. The third kappa shape index (κ3) is 4.70. The van der Waals surface area contributed by atoms with Crippen LogP contribution in [0, 0.1) is 6.92 Å². The smallest absolute Gasteiger partial charge is 0.429 e. The summed E-state index contributed by atoms with van der Waals surface area (Å²) in [6.07, 6.45) is 2.56. The molecule has 0 spiro atoms. The molecule has 2 heterocycles. The van der Waals surface area contributed by atoms with Crippen LogP contribution in [-0.4, -0.2) is 40.5 Å². The van der Waals surface area contributed by atoms with Crippen molar-refractivity contribution in [3.05, 3.63) is 39.0 Å². The van der Waals surface area contributed by atoms with Crippen LogP contribution in [0.5, 0.6) is 0 Å². The Hall–Kier alpha value is -2.61. The van der Waals surface area contributed by atoms with Gasteiger partial charge in [0.05, 0.1) is 28.3 Å². The fourth-order valence-corrected chi connectivity index (χ4v) is 3.19. The highest BCUT2D eigenvalue weighted by molar-refractivity contribution is 6.35. The molecule has 0 aromatic carbocycles. The first-order valence-electron chi connectivity index (χ1n) is 9.40. The minimum atomic E-state index is -0.761. The molecule has 0 aliphatic rings. The molecule has 2 aromatic rings. The summed E-state index contributed by atoms with van der Waals surface area (Å²) in [5, 5.41) is 1.62. The number of fused-ring (bicyclic) bond motifs is 1. The van der Waals surface area contributed by atoms with Gasteiger partial charge in [0.25, 0.3) is 5.56 Å². The van der Waals surface area contributed by atoms with E-state index in [0.717, 1.165) is 4.68 Å². The van der Waals surface area contributed by atoms with Crippen molar-refractivity contribution in [2.45, 2.75) is 53.6 Å². The predicted molar refractivity (Wildman–Crippen MR) is 111 cm³/mol. The molecule has 0 aliphatic carbocycles. The maximum atomic E-state index is 13.3. The van der Waals surface area contributed by atoms with E-state index in [-0.39, 0.29) is 40.2 Å². The van der Waals surface area contributed by atoms with Crippen molar-refractivity contribution in [2.75, 3.05) is 18.2 Å². The molecule has 2 rings (SSSR count). The van der Waals surface area contributed by atoms with E-state index in [1.54, 1.807) is 34.6 Å². The van der Waals surface area contributed by atoms with Crippen LogP contribution in [-0.2, 0) is 9.47 Å². The maximum Gasteiger partial charge on any atom is 0.429 e. The molecule has 8 nitrogen and oxygen atoms in total. The lowest BCUT2D eigenvalue weighted by atomic mass is 10.1. The zero-order valence-corrected chi connectivity index (χ0v) is 18.3. The topological polar surface area (TPSA) is 90.7 Å². The second-order valence-corrected chi connectivity index (χ2v) is 7.85. The summed E-state index contributed by atoms with van der Waals surface area (Å²) in [5.74, 6) is -0.631. The van der Waals surface area contributed by atoms with Crippen molar-refractivity contribution in [1.29, 1.82) is 0 Å². The van der Waals surface area contributed by atoms with Gasteiger partial charge in [0.2, 0.25) is 0 Å². The third-order valence-electron chi connectivity index (χ3n) is 4.02. The quantitative estimate of drug-likeness (QED) is 0.679. The number of rotatable bonds is 5. The summed E-state index contributed by atoms with van der Waals surface area (Å²) in [5.41, 5.74) is -0.939. The lowest BCUT2D eigenvalue weighted by Gasteiger charge is -2.30. The molecule has 0 N–H and O–H groups in total. The number of carbonyl (C=O) groups is 2. The van der Waals surface area contributed by atoms with Crippen LogP contribution in [0.1, 0.15) is 57.1 Å². The SMILES string of the molecule is CCCN(C(=O)OC(C)(C)C)n1c(C)c(C(=O)OCC)c2cncc(Cl)c2c1=O. The Labute approximate surface area is 174 Å². The number of carbonyl (C=O) groups excluding carboxylic acids is 2. The number of ether oxygens (including phenoxy) is 2. The minimum Gasteiger partial charge on any atom is -0.462 e. The van der Waals surface area contributed by atoms with Crippen LogP contribution in [0.15, 0.2) is 17.2 Å². The first-order chi connectivity index (χ1) is 13.5. The van der Waals surface area contributed by atoms with Gasteiger partial charge >= 0.3 is 12.1 Å². The normalized spacial score (nSPS) is 11.4. The largest absolute Gasteiger partial charge is 0.462 e. The van der Waals surface area contributed by atoms with Gasteiger partial charge in [-0.2, -0.15) is 0 Å². The van der Waals surface area contributed by atoms with Crippen molar-refractivity contribution in [3.8, 4) is 0 Å². The Balaban J connectivity index is 2.87. The maximum absolute atomic E-state index is 13.3. The fraction of sp³-hybridized carbons (Fsp3) is 0.500. The summed E-state index contributed by atoms with van der Waals surface area (Å²) in [4.78, 5) is 42.9. The molecule has 0 fully saturated rings. The van der Waals surface area contributed by atoms with Crippen LogP contribution in [0.3, 0.4) is 0 Å². The number of hydrogen-bond acceptors (Lipinski definition) is 6. The molecule has 9 heteroatoms. The van der Waals surface area contributed by atoms with E-state index in [1.165, 1.54) is 17.4 Å². The number of halogens is 1. The molecule has 0 saturated heterocycles. The first kappa shape index (κ1) is 22.7. The number of nitrogens with zero attached hydrogens (tertiary/aromatic N) is 3. The third-order valence-corrected chi connectivity index (χ3v) is 4.30. The van der Waals surface area contributed by atoms with E-state index in [9.17, 15) is 14.4 Å². The molecule has 0 unspecified atom stereocenters. The summed E-state index contributed by atoms with van der Waals surface area (Å²) in [6, 6.07) is 0. The van der Waals surface area contributed by atoms with E-state index in [1.807, 2.05) is 6.92 Å². The van der Waals surface area contributed by atoms with Gasteiger partial charge < -0.3 is 9.47 Å². The number of esters is 1. The van der Waals surface area contributed by atoms with Gasteiger partial charge in [0, 0.05) is 24.3 Å². The van der Waals surface area contributed by atoms with E-state index in [4.69, 9.17) is 21.1 Å². The second kappa shape index (κ2) is 8.82. The van der Waals surface area contributed by atoms with Gasteiger partial charge in [-0.25, -0.2) is 19.3 Å². The molecule has 0 radical (unpaired) electrons. The number of hydrogen-bond donors (Lipinski definition) is 0. The van der Waals surface area contributed by atoms with Gasteiger partial charge in [-0.1, -0.05) is 18.5 Å². The van der Waals surface area contributed by atoms with E-state index in [2.05, 4.69) is 4.98 Å². The molecule has 158 valence electrons. The Morgan fingerprint density at radius 1 is 1.24 bits per heavy atom. The number of amides is 1. The predicted octanol–water partition coefficient (Wildman–Crippen LogP) is 3.82. The standard InChI is InChI=1S/C20H26ClN3O5/c1-7-9-23(19(27)29-20(4,5)6)24-12(3)15(18(26)28-8-2)13-10-22-11-14(21)16(13)17(24)25/h10-11H,7-9H2,1-6H3. The summed E-state index contributed by atoms with van der Waals surface area (Å²) in [6.45, 7) is 10.7. The Morgan fingerprint density at radius 2 is 1.90 bits per heavy atom. The van der Waals surface area contributed by atoms with Crippen LogP contribution >= 0.6 is 11.6 Å². The number of pyridine rings is 2. The van der Waals surface area contributed by atoms with Crippen LogP contribution < -0.4 is 10.6 Å². The summed E-state index contributed by atoms with van der Waals surface area (Å²) < 4.78 is 11.8. The average molecular weight is 424 g/mol. The van der Waals surface area contributed by atoms with Crippen molar-refractivity contribution >= 4 is 34.4 Å². The van der Waals surface area contributed by atoms with E-state index >= 15 is 0 Å². The summed E-state index contributed by atoms with van der Waals surface area (Å²) in [7, 11) is 0. The molecule has 0 aliphatic heterocycles. The molecule has 1 amide bonds. The van der Waals surface area contributed by atoms with Gasteiger partial charge in [-0.15, -0.1) is 0 Å². The first-order valence-corrected chi connectivity index (χ1v) is 9.78. The van der Waals surface area contributed by atoms with Crippen molar-refractivity contribution < 1.29 is 19.1 Å². The monoisotopic (exact) mass is 423 g/mol. The molecule has 2 aromatic heterocycles. The zero-order valence-electron chi connectivity index (χ0n) is 17.5. The molecule has 0 saturated carbocycles. The fourth-order valence-electron chi connectivity index (χ4n) is 2.95. The lowest BCUT2D eigenvalue weighted by Crippen LogP contribution is -2.50. The lowest BCUT2D eigenvalue weighted by molar-refractivity contribution is 0.0508. The molecule has 0 atom stereocenters. The minimum absolute atomic E-state index is 0.0763. The highest BCUT2D eigenvalue weighted by Gasteiger charge is 2.29. The van der Waals surface area contributed by atoms with E-state index in [0.29, 0.717) is 6.42 Å². The van der Waals surface area contributed by atoms with Crippen molar-refractivity contribution in [1.82, 2.24) is 9.66 Å². The van der Waals surface area contributed by atoms with Gasteiger partial charge in [0.1, 0.15) is 5.60 Å². The highest BCUT2D eigenvalue weighted by Crippen LogP contribution is 2.25. The van der Waals surface area contributed by atoms with Crippen molar-refractivity contribution in [2.24, 2.45) is 0 Å². The molecule has 29 heavy (non-hydrogen) atoms. The second-order valence-electron chi connectivity index (χ2n) is 7.45. The average Bonchev–Trinajstić information content (AvgIpc) is 2.59. The molecular formula is C20H26ClN3O5.